The van der Waals surface area contributed by atoms with Crippen LogP contribution in [0.1, 0.15) is 30.9 Å². The van der Waals surface area contributed by atoms with Crippen molar-refractivity contribution < 1.29 is 14.3 Å². The summed E-state index contributed by atoms with van der Waals surface area (Å²) in [7, 11) is 1.72. The number of ether oxygens (including phenoxy) is 2. The van der Waals surface area contributed by atoms with Crippen LogP contribution in [-0.2, 0) is 16.6 Å². The third-order valence-electron chi connectivity index (χ3n) is 6.09. The first-order valence-corrected chi connectivity index (χ1v) is 8.97. The molecule has 0 spiro atoms. The van der Waals surface area contributed by atoms with Gasteiger partial charge in [0, 0.05) is 31.1 Å². The molecule has 0 aromatic heterocycles. The standard InChI is InChI=1S/C19H26N2O3/c1-3-19-12-15(10-14-4-5-16(23-2)11-17(14)19)21(13-19)18(22)20-6-8-24-9-7-20/h4-5,11,15H,3,6-10,12-13H2,1-2H3. The van der Waals surface area contributed by atoms with Crippen molar-refractivity contribution in [1.29, 1.82) is 0 Å². The Morgan fingerprint density at radius 3 is 2.88 bits per heavy atom. The number of nitrogens with zero attached hydrogens (tertiary/aromatic N) is 2. The monoisotopic (exact) mass is 330 g/mol. The van der Waals surface area contributed by atoms with E-state index in [4.69, 9.17) is 9.47 Å². The van der Waals surface area contributed by atoms with Crippen LogP contribution in [0.4, 0.5) is 4.79 Å². The van der Waals surface area contributed by atoms with Gasteiger partial charge in [-0.25, -0.2) is 4.79 Å². The molecule has 2 saturated heterocycles. The van der Waals surface area contributed by atoms with E-state index in [9.17, 15) is 4.79 Å². The van der Waals surface area contributed by atoms with E-state index in [2.05, 4.69) is 24.0 Å². The smallest absolute Gasteiger partial charge is 0.320 e. The lowest BCUT2D eigenvalue weighted by molar-refractivity contribution is 0.0420. The summed E-state index contributed by atoms with van der Waals surface area (Å²) >= 11 is 0. The van der Waals surface area contributed by atoms with Crippen LogP contribution >= 0.6 is 0 Å². The molecule has 0 saturated carbocycles. The molecule has 1 aliphatic carbocycles. The molecule has 2 bridgehead atoms. The number of hydrogen-bond acceptors (Lipinski definition) is 3. The number of fused-ring (bicyclic) bond motifs is 4. The van der Waals surface area contributed by atoms with Crippen LogP contribution < -0.4 is 4.74 Å². The van der Waals surface area contributed by atoms with Crippen LogP contribution in [0, 0.1) is 0 Å². The number of carbonyl (C=O) groups excluding carboxylic acids is 1. The van der Waals surface area contributed by atoms with Crippen molar-refractivity contribution in [2.24, 2.45) is 0 Å². The minimum absolute atomic E-state index is 0.0781. The zero-order chi connectivity index (χ0) is 16.7. The fraction of sp³-hybridized carbons (Fsp3) is 0.632. The van der Waals surface area contributed by atoms with Gasteiger partial charge < -0.3 is 19.3 Å². The number of rotatable bonds is 2. The van der Waals surface area contributed by atoms with Gasteiger partial charge in [0.1, 0.15) is 5.75 Å². The van der Waals surface area contributed by atoms with Gasteiger partial charge in [-0.05, 0) is 42.5 Å². The van der Waals surface area contributed by atoms with Crippen LogP contribution in [-0.4, -0.2) is 61.8 Å². The molecule has 2 fully saturated rings. The van der Waals surface area contributed by atoms with Gasteiger partial charge in [-0.1, -0.05) is 13.0 Å². The van der Waals surface area contributed by atoms with Gasteiger partial charge in [-0.15, -0.1) is 0 Å². The number of morpholine rings is 1. The highest BCUT2D eigenvalue weighted by Crippen LogP contribution is 2.48. The third kappa shape index (κ3) is 2.37. The summed E-state index contributed by atoms with van der Waals surface area (Å²) < 4.78 is 10.8. The van der Waals surface area contributed by atoms with E-state index in [0.717, 1.165) is 31.6 Å². The van der Waals surface area contributed by atoms with Gasteiger partial charge in [0.15, 0.2) is 0 Å². The average Bonchev–Trinajstić information content (AvgIpc) is 2.96. The molecule has 2 amide bonds. The fourth-order valence-electron chi connectivity index (χ4n) is 4.67. The Kier molecular flexibility index (Phi) is 3.91. The van der Waals surface area contributed by atoms with E-state index in [0.29, 0.717) is 32.3 Å². The maximum absolute atomic E-state index is 13.0. The van der Waals surface area contributed by atoms with Crippen molar-refractivity contribution in [2.45, 2.75) is 37.6 Å². The van der Waals surface area contributed by atoms with Crippen molar-refractivity contribution in [3.05, 3.63) is 29.3 Å². The maximum atomic E-state index is 13.0. The molecule has 0 N–H and O–H groups in total. The summed E-state index contributed by atoms with van der Waals surface area (Å²) in [6.45, 7) is 5.80. The molecule has 2 unspecified atom stereocenters. The molecule has 3 aliphatic rings. The van der Waals surface area contributed by atoms with Crippen LogP contribution in [0.25, 0.3) is 0 Å². The number of urea groups is 1. The van der Waals surface area contributed by atoms with E-state index in [1.807, 2.05) is 11.0 Å². The van der Waals surface area contributed by atoms with Gasteiger partial charge in [0.2, 0.25) is 0 Å². The predicted molar refractivity (Wildman–Crippen MR) is 91.6 cm³/mol. The van der Waals surface area contributed by atoms with Crippen molar-refractivity contribution in [3.63, 3.8) is 0 Å². The Morgan fingerprint density at radius 1 is 1.38 bits per heavy atom. The maximum Gasteiger partial charge on any atom is 0.320 e. The Hall–Kier alpha value is -1.75. The zero-order valence-corrected chi connectivity index (χ0v) is 14.6. The highest BCUT2D eigenvalue weighted by Gasteiger charge is 2.50. The lowest BCUT2D eigenvalue weighted by atomic mass is 9.70. The number of benzene rings is 1. The lowest BCUT2D eigenvalue weighted by Crippen LogP contribution is -2.50. The van der Waals surface area contributed by atoms with Crippen LogP contribution in [0.3, 0.4) is 0 Å². The third-order valence-corrected chi connectivity index (χ3v) is 6.09. The largest absolute Gasteiger partial charge is 0.497 e. The minimum atomic E-state index is 0.0781. The first-order chi connectivity index (χ1) is 11.7. The molecule has 24 heavy (non-hydrogen) atoms. The molecule has 2 atom stereocenters. The first kappa shape index (κ1) is 15.8. The number of methoxy groups -OCH3 is 1. The summed E-state index contributed by atoms with van der Waals surface area (Å²) in [6, 6.07) is 6.94. The number of likely N-dealkylation sites (tertiary alicyclic amines) is 1. The predicted octanol–water partition coefficient (Wildman–Crippen LogP) is 2.43. The topological polar surface area (TPSA) is 42.0 Å². The van der Waals surface area contributed by atoms with E-state index in [1.165, 1.54) is 11.1 Å². The second-order valence-corrected chi connectivity index (χ2v) is 7.23. The molecule has 1 aromatic carbocycles. The van der Waals surface area contributed by atoms with Gasteiger partial charge in [0.25, 0.3) is 0 Å². The molecule has 2 aliphatic heterocycles. The summed E-state index contributed by atoms with van der Waals surface area (Å²) in [6.07, 6.45) is 3.08. The average molecular weight is 330 g/mol. The minimum Gasteiger partial charge on any atom is -0.497 e. The summed E-state index contributed by atoms with van der Waals surface area (Å²) in [4.78, 5) is 17.1. The van der Waals surface area contributed by atoms with E-state index in [1.54, 1.807) is 7.11 Å². The van der Waals surface area contributed by atoms with Crippen LogP contribution in [0.15, 0.2) is 18.2 Å². The Morgan fingerprint density at radius 2 is 2.17 bits per heavy atom. The van der Waals surface area contributed by atoms with Crippen molar-refractivity contribution in [3.8, 4) is 5.75 Å². The molecular formula is C19H26N2O3. The molecule has 2 heterocycles. The fourth-order valence-corrected chi connectivity index (χ4v) is 4.67. The van der Waals surface area contributed by atoms with Crippen molar-refractivity contribution in [2.75, 3.05) is 40.0 Å². The quantitative estimate of drug-likeness (QED) is 0.836. The van der Waals surface area contributed by atoms with Gasteiger partial charge in [0.05, 0.1) is 20.3 Å². The Labute approximate surface area is 143 Å². The molecule has 4 rings (SSSR count). The van der Waals surface area contributed by atoms with Crippen molar-refractivity contribution >= 4 is 6.03 Å². The lowest BCUT2D eigenvalue weighted by Gasteiger charge is -2.34. The molecule has 1 aromatic rings. The normalized spacial score (nSPS) is 28.7. The molecular weight excluding hydrogens is 304 g/mol. The zero-order valence-electron chi connectivity index (χ0n) is 14.6. The van der Waals surface area contributed by atoms with Crippen LogP contribution in [0.5, 0.6) is 5.75 Å². The second-order valence-electron chi connectivity index (χ2n) is 7.23. The Balaban J connectivity index is 1.64. The molecule has 5 nitrogen and oxygen atoms in total. The van der Waals surface area contributed by atoms with Gasteiger partial charge in [-0.2, -0.15) is 0 Å². The molecule has 5 heteroatoms. The summed E-state index contributed by atoms with van der Waals surface area (Å²) in [5.41, 5.74) is 2.85. The van der Waals surface area contributed by atoms with E-state index in [-0.39, 0.29) is 11.4 Å². The summed E-state index contributed by atoms with van der Waals surface area (Å²) in [5, 5.41) is 0. The number of amides is 2. The molecule has 0 radical (unpaired) electrons. The number of carbonyl (C=O) groups is 1. The number of hydrogen-bond donors (Lipinski definition) is 0. The molecule has 130 valence electrons. The second kappa shape index (κ2) is 5.96. The van der Waals surface area contributed by atoms with Crippen LogP contribution in [0.2, 0.25) is 0 Å². The van der Waals surface area contributed by atoms with Gasteiger partial charge >= 0.3 is 6.03 Å². The SMILES string of the molecule is CCC12CC(Cc3ccc(OC)cc31)N(C(=O)N1CCOCC1)C2. The van der Waals surface area contributed by atoms with Crippen molar-refractivity contribution in [1.82, 2.24) is 9.80 Å². The highest BCUT2D eigenvalue weighted by molar-refractivity contribution is 5.76. The van der Waals surface area contributed by atoms with Gasteiger partial charge in [-0.3, -0.25) is 0 Å². The first-order valence-electron chi connectivity index (χ1n) is 8.97. The Bertz CT molecular complexity index is 641. The van der Waals surface area contributed by atoms with E-state index >= 15 is 0 Å². The summed E-state index contributed by atoms with van der Waals surface area (Å²) in [5.74, 6) is 0.915. The van der Waals surface area contributed by atoms with E-state index < -0.39 is 0 Å². The highest BCUT2D eigenvalue weighted by atomic mass is 16.5.